The van der Waals surface area contributed by atoms with Gasteiger partial charge in [0, 0.05) is 24.8 Å². The van der Waals surface area contributed by atoms with Gasteiger partial charge in [-0.2, -0.15) is 11.8 Å². The zero-order valence-corrected chi connectivity index (χ0v) is 12.2. The van der Waals surface area contributed by atoms with Crippen LogP contribution in [0.2, 0.25) is 0 Å². The molecule has 3 nitrogen and oxygen atoms in total. The van der Waals surface area contributed by atoms with E-state index in [1.165, 1.54) is 12.8 Å². The highest BCUT2D eigenvalue weighted by atomic mass is 32.2. The predicted octanol–water partition coefficient (Wildman–Crippen LogP) is 1.98. The summed E-state index contributed by atoms with van der Waals surface area (Å²) in [6.45, 7) is 7.37. The summed E-state index contributed by atoms with van der Waals surface area (Å²) in [5, 5.41) is 3.42. The number of carbonyl (C=O) groups is 1. The molecule has 0 spiro atoms. The average Bonchev–Trinajstić information content (AvgIpc) is 2.34. The van der Waals surface area contributed by atoms with Gasteiger partial charge in [0.1, 0.15) is 0 Å². The van der Waals surface area contributed by atoms with Crippen molar-refractivity contribution < 1.29 is 4.79 Å². The standard InChI is InChI=1S/C13H26N2OS/c1-11(2)15(13(16)6-8-17-3)10-12-5-4-7-14-9-12/h11-12,14H,4-10H2,1-3H3. The summed E-state index contributed by atoms with van der Waals surface area (Å²) in [5.41, 5.74) is 0. The fraction of sp³-hybridized carbons (Fsp3) is 0.923. The first kappa shape index (κ1) is 14.8. The maximum atomic E-state index is 12.1. The van der Waals surface area contributed by atoms with Crippen molar-refractivity contribution in [2.24, 2.45) is 5.92 Å². The number of rotatable bonds is 6. The van der Waals surface area contributed by atoms with Crippen LogP contribution in [0.5, 0.6) is 0 Å². The van der Waals surface area contributed by atoms with Crippen molar-refractivity contribution in [2.45, 2.75) is 39.2 Å². The fourth-order valence-electron chi connectivity index (χ4n) is 2.29. The molecule has 0 bridgehead atoms. The predicted molar refractivity (Wildman–Crippen MR) is 75.4 cm³/mol. The third kappa shape index (κ3) is 5.30. The molecule has 1 aliphatic heterocycles. The molecule has 1 rings (SSSR count). The number of nitrogens with zero attached hydrogens (tertiary/aromatic N) is 1. The van der Waals surface area contributed by atoms with E-state index in [4.69, 9.17) is 0 Å². The van der Waals surface area contributed by atoms with Gasteiger partial charge in [0.25, 0.3) is 0 Å². The largest absolute Gasteiger partial charge is 0.340 e. The van der Waals surface area contributed by atoms with E-state index in [0.29, 0.717) is 24.3 Å². The number of hydrogen-bond acceptors (Lipinski definition) is 3. The van der Waals surface area contributed by atoms with Gasteiger partial charge in [-0.25, -0.2) is 0 Å². The second-order valence-corrected chi connectivity index (χ2v) is 6.08. The Balaban J connectivity index is 2.43. The Morgan fingerprint density at radius 3 is 2.82 bits per heavy atom. The Morgan fingerprint density at radius 1 is 1.53 bits per heavy atom. The van der Waals surface area contributed by atoms with E-state index in [1.807, 2.05) is 0 Å². The molecule has 0 saturated carbocycles. The van der Waals surface area contributed by atoms with Crippen molar-refractivity contribution in [1.82, 2.24) is 10.2 Å². The third-order valence-electron chi connectivity index (χ3n) is 3.32. The number of piperidine rings is 1. The Kier molecular flexibility index (Phi) is 6.97. The van der Waals surface area contributed by atoms with Gasteiger partial charge < -0.3 is 10.2 Å². The summed E-state index contributed by atoms with van der Waals surface area (Å²) < 4.78 is 0. The third-order valence-corrected chi connectivity index (χ3v) is 3.93. The number of nitrogens with one attached hydrogen (secondary N) is 1. The van der Waals surface area contributed by atoms with Crippen LogP contribution in [0.1, 0.15) is 33.1 Å². The molecule has 0 aromatic carbocycles. The number of amides is 1. The summed E-state index contributed by atoms with van der Waals surface area (Å²) >= 11 is 1.75. The summed E-state index contributed by atoms with van der Waals surface area (Å²) in [4.78, 5) is 14.2. The maximum absolute atomic E-state index is 12.1. The van der Waals surface area contributed by atoms with Crippen LogP contribution in [-0.4, -0.2) is 48.5 Å². The van der Waals surface area contributed by atoms with Crippen LogP contribution >= 0.6 is 11.8 Å². The van der Waals surface area contributed by atoms with Gasteiger partial charge >= 0.3 is 0 Å². The highest BCUT2D eigenvalue weighted by Crippen LogP contribution is 2.15. The van der Waals surface area contributed by atoms with E-state index in [0.717, 1.165) is 25.4 Å². The molecule has 1 fully saturated rings. The minimum atomic E-state index is 0.319. The lowest BCUT2D eigenvalue weighted by atomic mass is 9.98. The maximum Gasteiger partial charge on any atom is 0.223 e. The Morgan fingerprint density at radius 2 is 2.29 bits per heavy atom. The molecule has 100 valence electrons. The van der Waals surface area contributed by atoms with Gasteiger partial charge in [0.05, 0.1) is 0 Å². The highest BCUT2D eigenvalue weighted by molar-refractivity contribution is 7.98. The lowest BCUT2D eigenvalue weighted by Gasteiger charge is -2.33. The van der Waals surface area contributed by atoms with E-state index >= 15 is 0 Å². The zero-order chi connectivity index (χ0) is 12.7. The topological polar surface area (TPSA) is 32.3 Å². The SMILES string of the molecule is CSCCC(=O)N(CC1CCCNC1)C(C)C. The van der Waals surface area contributed by atoms with Crippen molar-refractivity contribution in [1.29, 1.82) is 0 Å². The number of carbonyl (C=O) groups excluding carboxylic acids is 1. The number of thioether (sulfide) groups is 1. The van der Waals surface area contributed by atoms with Gasteiger partial charge in [-0.3, -0.25) is 4.79 Å². The summed E-state index contributed by atoms with van der Waals surface area (Å²) in [6.07, 6.45) is 5.24. The van der Waals surface area contributed by atoms with Crippen LogP contribution in [0.4, 0.5) is 0 Å². The highest BCUT2D eigenvalue weighted by Gasteiger charge is 2.22. The molecule has 0 radical (unpaired) electrons. The van der Waals surface area contributed by atoms with Crippen molar-refractivity contribution in [3.8, 4) is 0 Å². The molecule has 1 aliphatic rings. The van der Waals surface area contributed by atoms with E-state index in [1.54, 1.807) is 11.8 Å². The summed E-state index contributed by atoms with van der Waals surface area (Å²) in [7, 11) is 0. The minimum absolute atomic E-state index is 0.319. The van der Waals surface area contributed by atoms with E-state index in [9.17, 15) is 4.79 Å². The van der Waals surface area contributed by atoms with Crippen LogP contribution < -0.4 is 5.32 Å². The molecule has 0 aromatic heterocycles. The molecule has 1 amide bonds. The molecule has 1 saturated heterocycles. The van der Waals surface area contributed by atoms with Crippen LogP contribution in [0.15, 0.2) is 0 Å². The van der Waals surface area contributed by atoms with Crippen molar-refractivity contribution in [3.63, 3.8) is 0 Å². The molecule has 1 N–H and O–H groups in total. The van der Waals surface area contributed by atoms with Crippen LogP contribution in [0.25, 0.3) is 0 Å². The smallest absolute Gasteiger partial charge is 0.223 e. The van der Waals surface area contributed by atoms with Gasteiger partial charge in [-0.05, 0) is 52.0 Å². The fourth-order valence-corrected chi connectivity index (χ4v) is 2.67. The van der Waals surface area contributed by atoms with Crippen molar-refractivity contribution in [3.05, 3.63) is 0 Å². The normalized spacial score (nSPS) is 20.6. The minimum Gasteiger partial charge on any atom is -0.340 e. The Labute approximate surface area is 110 Å². The van der Waals surface area contributed by atoms with Gasteiger partial charge in [0.2, 0.25) is 5.91 Å². The number of hydrogen-bond donors (Lipinski definition) is 1. The quantitative estimate of drug-likeness (QED) is 0.790. The van der Waals surface area contributed by atoms with Gasteiger partial charge in [-0.1, -0.05) is 0 Å². The molecule has 4 heteroatoms. The first-order chi connectivity index (χ1) is 8.15. The van der Waals surface area contributed by atoms with E-state index in [2.05, 4.69) is 30.3 Å². The summed E-state index contributed by atoms with van der Waals surface area (Å²) in [6, 6.07) is 0.325. The van der Waals surface area contributed by atoms with E-state index in [-0.39, 0.29) is 0 Å². The molecule has 1 heterocycles. The molecular weight excluding hydrogens is 232 g/mol. The van der Waals surface area contributed by atoms with Gasteiger partial charge in [-0.15, -0.1) is 0 Å². The molecule has 0 aromatic rings. The average molecular weight is 258 g/mol. The van der Waals surface area contributed by atoms with Crippen LogP contribution in [0, 0.1) is 5.92 Å². The first-order valence-electron chi connectivity index (χ1n) is 6.64. The Hall–Kier alpha value is -0.220. The molecule has 1 atom stereocenters. The lowest BCUT2D eigenvalue weighted by Crippen LogP contribution is -2.44. The second-order valence-electron chi connectivity index (χ2n) is 5.10. The van der Waals surface area contributed by atoms with Crippen molar-refractivity contribution in [2.75, 3.05) is 31.6 Å². The molecular formula is C13H26N2OS. The second kappa shape index (κ2) is 7.98. The molecule has 0 aliphatic carbocycles. The lowest BCUT2D eigenvalue weighted by molar-refractivity contribution is -0.133. The van der Waals surface area contributed by atoms with Crippen LogP contribution in [-0.2, 0) is 4.79 Å². The van der Waals surface area contributed by atoms with E-state index < -0.39 is 0 Å². The van der Waals surface area contributed by atoms with Crippen molar-refractivity contribution >= 4 is 17.7 Å². The summed E-state index contributed by atoms with van der Waals surface area (Å²) in [5.74, 6) is 1.90. The Bertz CT molecular complexity index is 227. The van der Waals surface area contributed by atoms with Gasteiger partial charge in [0.15, 0.2) is 0 Å². The van der Waals surface area contributed by atoms with Crippen LogP contribution in [0.3, 0.4) is 0 Å². The first-order valence-corrected chi connectivity index (χ1v) is 8.03. The zero-order valence-electron chi connectivity index (χ0n) is 11.4. The molecule has 17 heavy (non-hydrogen) atoms. The monoisotopic (exact) mass is 258 g/mol. The molecule has 1 unspecified atom stereocenters.